The molecule has 0 aliphatic heterocycles. The predicted molar refractivity (Wildman–Crippen MR) is 83.4 cm³/mol. The molecule has 21 heavy (non-hydrogen) atoms. The smallest absolute Gasteiger partial charge is 0.225 e. The lowest BCUT2D eigenvalue weighted by Crippen LogP contribution is -2.13. The number of aromatic nitrogens is 2. The monoisotopic (exact) mass is 304 g/mol. The first-order valence-corrected chi connectivity index (χ1v) is 7.30. The number of hydrogen-bond donors (Lipinski definition) is 2. The molecule has 0 saturated carbocycles. The van der Waals surface area contributed by atoms with E-state index < -0.39 is 0 Å². The highest BCUT2D eigenvalue weighted by molar-refractivity contribution is 7.99. The Labute approximate surface area is 127 Å². The van der Waals surface area contributed by atoms with Crippen molar-refractivity contribution >= 4 is 29.0 Å². The van der Waals surface area contributed by atoms with E-state index in [1.807, 2.05) is 6.07 Å². The van der Waals surface area contributed by atoms with E-state index in [0.29, 0.717) is 29.3 Å². The quantitative estimate of drug-likeness (QED) is 0.483. The van der Waals surface area contributed by atoms with Crippen molar-refractivity contribution in [2.24, 2.45) is 0 Å². The first-order valence-electron chi connectivity index (χ1n) is 6.31. The number of thioether (sulfide) groups is 1. The zero-order valence-electron chi connectivity index (χ0n) is 11.6. The van der Waals surface area contributed by atoms with Gasteiger partial charge in [0.2, 0.25) is 5.91 Å². The van der Waals surface area contributed by atoms with E-state index in [4.69, 9.17) is 10.5 Å². The van der Waals surface area contributed by atoms with Crippen molar-refractivity contribution in [1.29, 1.82) is 0 Å². The van der Waals surface area contributed by atoms with E-state index in [2.05, 4.69) is 15.3 Å². The number of ether oxygens (including phenoxy) is 1. The van der Waals surface area contributed by atoms with Gasteiger partial charge in [-0.25, -0.2) is 9.97 Å². The van der Waals surface area contributed by atoms with Gasteiger partial charge >= 0.3 is 0 Å². The molecule has 0 atom stereocenters. The fourth-order valence-corrected chi connectivity index (χ4v) is 2.42. The summed E-state index contributed by atoms with van der Waals surface area (Å²) in [6.45, 7) is 0. The number of benzene rings is 1. The van der Waals surface area contributed by atoms with Crippen molar-refractivity contribution in [1.82, 2.24) is 9.97 Å². The van der Waals surface area contributed by atoms with E-state index >= 15 is 0 Å². The average Bonchev–Trinajstić information content (AvgIpc) is 2.48. The molecule has 1 aromatic heterocycles. The van der Waals surface area contributed by atoms with Crippen molar-refractivity contribution in [3.8, 4) is 5.75 Å². The molecular formula is C14H16N4O2S. The van der Waals surface area contributed by atoms with E-state index in [1.165, 1.54) is 18.1 Å². The van der Waals surface area contributed by atoms with Gasteiger partial charge in [0.1, 0.15) is 12.1 Å². The molecular weight excluding hydrogens is 288 g/mol. The molecule has 0 aliphatic carbocycles. The zero-order valence-corrected chi connectivity index (χ0v) is 12.4. The summed E-state index contributed by atoms with van der Waals surface area (Å²) < 4.78 is 5.18. The van der Waals surface area contributed by atoms with Gasteiger partial charge in [0.25, 0.3) is 0 Å². The molecule has 7 heteroatoms. The predicted octanol–water partition coefficient (Wildman–Crippen LogP) is 2.19. The topological polar surface area (TPSA) is 90.1 Å². The normalized spacial score (nSPS) is 10.1. The Kier molecular flexibility index (Phi) is 5.39. The highest BCUT2D eigenvalue weighted by atomic mass is 32.2. The molecule has 0 bridgehead atoms. The first kappa shape index (κ1) is 15.1. The maximum absolute atomic E-state index is 11.9. The van der Waals surface area contributed by atoms with Crippen molar-refractivity contribution < 1.29 is 9.53 Å². The van der Waals surface area contributed by atoms with Gasteiger partial charge < -0.3 is 15.8 Å². The lowest BCUT2D eigenvalue weighted by atomic mass is 10.2. The molecule has 0 spiro atoms. The Bertz CT molecular complexity index is 607. The largest absolute Gasteiger partial charge is 0.495 e. The number of nitrogens with zero attached hydrogens (tertiary/aromatic N) is 2. The summed E-state index contributed by atoms with van der Waals surface area (Å²) in [6.07, 6.45) is 3.53. The number of methoxy groups -OCH3 is 1. The average molecular weight is 304 g/mol. The van der Waals surface area contributed by atoms with Crippen molar-refractivity contribution in [2.75, 3.05) is 23.9 Å². The number of carbonyl (C=O) groups is 1. The minimum Gasteiger partial charge on any atom is -0.495 e. The maximum Gasteiger partial charge on any atom is 0.225 e. The van der Waals surface area contributed by atoms with Crippen LogP contribution >= 0.6 is 11.8 Å². The summed E-state index contributed by atoms with van der Waals surface area (Å²) in [4.78, 5) is 19.9. The number of nitrogens with two attached hydrogens (primary N) is 1. The Morgan fingerprint density at radius 2 is 2.29 bits per heavy atom. The number of nitrogen functional groups attached to an aromatic ring is 1. The van der Waals surface area contributed by atoms with Gasteiger partial charge in [-0.15, -0.1) is 11.8 Å². The van der Waals surface area contributed by atoms with Gasteiger partial charge in [-0.2, -0.15) is 0 Å². The van der Waals surface area contributed by atoms with Gasteiger partial charge in [0.15, 0.2) is 0 Å². The van der Waals surface area contributed by atoms with Crippen LogP contribution < -0.4 is 15.8 Å². The number of anilines is 2. The number of carbonyl (C=O) groups excluding carboxylic acids is 1. The van der Waals surface area contributed by atoms with Gasteiger partial charge in [-0.05, 0) is 24.3 Å². The molecule has 0 aliphatic rings. The van der Waals surface area contributed by atoms with Crippen LogP contribution in [0.25, 0.3) is 0 Å². The Hall–Kier alpha value is -2.28. The van der Waals surface area contributed by atoms with Crippen LogP contribution in [0, 0.1) is 0 Å². The summed E-state index contributed by atoms with van der Waals surface area (Å²) >= 11 is 1.50. The third-order valence-electron chi connectivity index (χ3n) is 2.63. The fraction of sp³-hybridized carbons (Fsp3) is 0.214. The Morgan fingerprint density at radius 1 is 1.43 bits per heavy atom. The molecule has 1 amide bonds. The number of amides is 1. The summed E-state index contributed by atoms with van der Waals surface area (Å²) in [6, 6.07) is 6.93. The summed E-state index contributed by atoms with van der Waals surface area (Å²) in [5.74, 6) is 1.12. The molecule has 0 fully saturated rings. The summed E-state index contributed by atoms with van der Waals surface area (Å²) in [7, 11) is 1.55. The SMILES string of the molecule is COc1ccc(N)cc1NC(=O)CCSc1ccncn1. The van der Waals surface area contributed by atoms with Crippen LogP contribution in [0.4, 0.5) is 11.4 Å². The standard InChI is InChI=1S/C14H16N4O2S/c1-20-12-3-2-10(15)8-11(12)18-13(19)5-7-21-14-4-6-16-9-17-14/h2-4,6,8-9H,5,7,15H2,1H3,(H,18,19). The van der Waals surface area contributed by atoms with Crippen molar-refractivity contribution in [2.45, 2.75) is 11.4 Å². The van der Waals surface area contributed by atoms with Crippen LogP contribution in [-0.4, -0.2) is 28.7 Å². The highest BCUT2D eigenvalue weighted by Crippen LogP contribution is 2.26. The molecule has 1 aromatic carbocycles. The van der Waals surface area contributed by atoms with E-state index in [0.717, 1.165) is 5.03 Å². The van der Waals surface area contributed by atoms with Crippen LogP contribution in [0.5, 0.6) is 5.75 Å². The third kappa shape index (κ3) is 4.64. The Morgan fingerprint density at radius 3 is 3.00 bits per heavy atom. The van der Waals surface area contributed by atoms with Crippen LogP contribution in [0.2, 0.25) is 0 Å². The number of rotatable bonds is 6. The molecule has 0 saturated heterocycles. The molecule has 1 heterocycles. The first-order chi connectivity index (χ1) is 10.2. The van der Waals surface area contributed by atoms with Crippen LogP contribution in [0.1, 0.15) is 6.42 Å². The molecule has 110 valence electrons. The molecule has 0 radical (unpaired) electrons. The van der Waals surface area contributed by atoms with Crippen LogP contribution in [0.15, 0.2) is 41.8 Å². The minimum absolute atomic E-state index is 0.0968. The maximum atomic E-state index is 11.9. The van der Waals surface area contributed by atoms with Crippen molar-refractivity contribution in [3.63, 3.8) is 0 Å². The second-order valence-electron chi connectivity index (χ2n) is 4.15. The third-order valence-corrected chi connectivity index (χ3v) is 3.58. The second kappa shape index (κ2) is 7.49. The number of hydrogen-bond acceptors (Lipinski definition) is 6. The van der Waals surface area contributed by atoms with Crippen molar-refractivity contribution in [3.05, 3.63) is 36.8 Å². The highest BCUT2D eigenvalue weighted by Gasteiger charge is 2.08. The summed E-state index contributed by atoms with van der Waals surface area (Å²) in [5.41, 5.74) is 6.86. The summed E-state index contributed by atoms with van der Waals surface area (Å²) in [5, 5.41) is 3.65. The molecule has 2 rings (SSSR count). The molecule has 3 N–H and O–H groups in total. The van der Waals surface area contributed by atoms with Gasteiger partial charge in [0.05, 0.1) is 17.8 Å². The van der Waals surface area contributed by atoms with E-state index in [9.17, 15) is 4.79 Å². The lowest BCUT2D eigenvalue weighted by Gasteiger charge is -2.10. The number of nitrogens with one attached hydrogen (secondary N) is 1. The van der Waals surface area contributed by atoms with Gasteiger partial charge in [-0.1, -0.05) is 0 Å². The van der Waals surface area contributed by atoms with Gasteiger partial charge in [-0.3, -0.25) is 4.79 Å². The molecule has 6 nitrogen and oxygen atoms in total. The fourth-order valence-electron chi connectivity index (χ4n) is 1.65. The Balaban J connectivity index is 1.86. The van der Waals surface area contributed by atoms with Crippen LogP contribution in [-0.2, 0) is 4.79 Å². The van der Waals surface area contributed by atoms with Crippen LogP contribution in [0.3, 0.4) is 0 Å². The minimum atomic E-state index is -0.0968. The van der Waals surface area contributed by atoms with Gasteiger partial charge in [0, 0.05) is 24.1 Å². The van der Waals surface area contributed by atoms with E-state index in [1.54, 1.807) is 31.5 Å². The second-order valence-corrected chi connectivity index (χ2v) is 5.27. The molecule has 0 unspecified atom stereocenters. The lowest BCUT2D eigenvalue weighted by molar-refractivity contribution is -0.115. The van der Waals surface area contributed by atoms with E-state index in [-0.39, 0.29) is 5.91 Å². The zero-order chi connectivity index (χ0) is 15.1. The molecule has 2 aromatic rings.